The number of aliphatic hydroxyl groups excluding tert-OH is 1. The smallest absolute Gasteiger partial charge is 0.222 e. The van der Waals surface area contributed by atoms with Crippen LogP contribution in [0.3, 0.4) is 0 Å². The Morgan fingerprint density at radius 3 is 2.18 bits per heavy atom. The third-order valence-corrected chi connectivity index (χ3v) is 6.52. The van der Waals surface area contributed by atoms with Crippen LogP contribution in [0.25, 0.3) is 0 Å². The van der Waals surface area contributed by atoms with Gasteiger partial charge in [0, 0.05) is 26.7 Å². The molecule has 7 heteroatoms. The number of hydrogen-bond donors (Lipinski definition) is 1. The average molecular weight is 372 g/mol. The van der Waals surface area contributed by atoms with Crippen molar-refractivity contribution in [3.05, 3.63) is 0 Å². The highest BCUT2D eigenvalue weighted by atomic mass is 79.9. The first-order chi connectivity index (χ1) is 7.85. The van der Waals surface area contributed by atoms with E-state index in [4.69, 9.17) is 9.47 Å². The Morgan fingerprint density at radius 2 is 1.82 bits per heavy atom. The summed E-state index contributed by atoms with van der Waals surface area (Å²) in [6.07, 6.45) is 0.279. The van der Waals surface area contributed by atoms with E-state index in [1.54, 1.807) is 0 Å². The molecule has 0 spiro atoms. The maximum Gasteiger partial charge on any atom is 0.222 e. The van der Waals surface area contributed by atoms with Gasteiger partial charge in [-0.25, -0.2) is 0 Å². The molecule has 17 heavy (non-hydrogen) atoms. The Hall–Kier alpha value is 0.180. The molecule has 2 saturated carbocycles. The number of ketones is 2. The van der Waals surface area contributed by atoms with Gasteiger partial charge in [0.1, 0.15) is 4.32 Å². The molecule has 3 unspecified atom stereocenters. The fraction of sp³-hybridized carbons (Fsp3) is 0.800. The van der Waals surface area contributed by atoms with Crippen molar-refractivity contribution in [3.63, 3.8) is 0 Å². The Labute approximate surface area is 115 Å². The lowest BCUT2D eigenvalue weighted by Crippen LogP contribution is -2.57. The summed E-state index contributed by atoms with van der Waals surface area (Å²) in [5, 5.41) is 9.37. The summed E-state index contributed by atoms with van der Waals surface area (Å²) in [6.45, 7) is -0.230. The van der Waals surface area contributed by atoms with E-state index in [-0.39, 0.29) is 13.0 Å². The van der Waals surface area contributed by atoms with Gasteiger partial charge in [0.15, 0.2) is 4.32 Å². The molecule has 2 rings (SSSR count). The van der Waals surface area contributed by atoms with Crippen molar-refractivity contribution in [1.82, 2.24) is 0 Å². The van der Waals surface area contributed by atoms with Crippen molar-refractivity contribution in [3.8, 4) is 0 Å². The Morgan fingerprint density at radius 1 is 1.29 bits per heavy atom. The van der Waals surface area contributed by atoms with E-state index in [0.717, 1.165) is 0 Å². The van der Waals surface area contributed by atoms with Crippen molar-refractivity contribution in [2.24, 2.45) is 5.92 Å². The number of hydrogen-bond acceptors (Lipinski definition) is 5. The molecule has 0 aromatic carbocycles. The molecule has 0 aliphatic heterocycles. The molecule has 0 saturated heterocycles. The maximum absolute atomic E-state index is 12.1. The van der Waals surface area contributed by atoms with Gasteiger partial charge in [-0.15, -0.1) is 0 Å². The fourth-order valence-corrected chi connectivity index (χ4v) is 5.61. The number of methoxy groups -OCH3 is 2. The van der Waals surface area contributed by atoms with E-state index in [0.29, 0.717) is 0 Å². The molecule has 1 N–H and O–H groups in total. The molecule has 2 bridgehead atoms. The number of carbonyl (C=O) groups excluding carboxylic acids is 2. The third kappa shape index (κ3) is 1.15. The zero-order valence-electron chi connectivity index (χ0n) is 9.33. The van der Waals surface area contributed by atoms with Crippen LogP contribution in [0.1, 0.15) is 6.42 Å². The molecular weight excluding hydrogens is 360 g/mol. The number of halogens is 2. The SMILES string of the molecule is COC1(OC)C2(Br)CC(CO)C1(Br)C(=O)C2=O. The van der Waals surface area contributed by atoms with Crippen LogP contribution in [0.2, 0.25) is 0 Å². The van der Waals surface area contributed by atoms with Gasteiger partial charge in [-0.1, -0.05) is 31.9 Å². The van der Waals surface area contributed by atoms with E-state index in [9.17, 15) is 14.7 Å². The second-order valence-corrected chi connectivity index (χ2v) is 6.88. The van der Waals surface area contributed by atoms with Crippen LogP contribution in [0.5, 0.6) is 0 Å². The van der Waals surface area contributed by atoms with Gasteiger partial charge in [0.2, 0.25) is 17.4 Å². The predicted molar refractivity (Wildman–Crippen MR) is 65.3 cm³/mol. The number of ether oxygens (including phenoxy) is 2. The molecule has 3 atom stereocenters. The summed E-state index contributed by atoms with van der Waals surface area (Å²) < 4.78 is 8.12. The maximum atomic E-state index is 12.1. The third-order valence-electron chi connectivity index (χ3n) is 3.78. The number of Topliss-reactive ketones (excluding diaryl/α,β-unsaturated/α-hetero) is 2. The highest BCUT2D eigenvalue weighted by Crippen LogP contribution is 2.66. The van der Waals surface area contributed by atoms with Gasteiger partial charge < -0.3 is 14.6 Å². The number of alkyl halides is 2. The summed E-state index contributed by atoms with van der Waals surface area (Å²) in [4.78, 5) is 24.1. The minimum atomic E-state index is -1.43. The van der Waals surface area contributed by atoms with Crippen LogP contribution < -0.4 is 0 Å². The average Bonchev–Trinajstić information content (AvgIpc) is 2.60. The normalized spacial score (nSPS) is 43.5. The number of aliphatic hydroxyl groups is 1. The summed E-state index contributed by atoms with van der Waals surface area (Å²) in [5.41, 5.74) is 0. The van der Waals surface area contributed by atoms with Crippen molar-refractivity contribution in [1.29, 1.82) is 0 Å². The zero-order valence-corrected chi connectivity index (χ0v) is 12.5. The molecule has 0 aromatic heterocycles. The van der Waals surface area contributed by atoms with Crippen molar-refractivity contribution in [2.75, 3.05) is 20.8 Å². The highest BCUT2D eigenvalue weighted by molar-refractivity contribution is 9.11. The van der Waals surface area contributed by atoms with Crippen molar-refractivity contribution >= 4 is 43.4 Å². The van der Waals surface area contributed by atoms with Gasteiger partial charge in [0.25, 0.3) is 0 Å². The van der Waals surface area contributed by atoms with Crippen LogP contribution in [0.4, 0.5) is 0 Å². The van der Waals surface area contributed by atoms with Crippen molar-refractivity contribution in [2.45, 2.75) is 20.9 Å². The zero-order chi connectivity index (χ0) is 13.1. The summed E-state index contributed by atoms with van der Waals surface area (Å²) in [6, 6.07) is 0. The molecule has 2 aliphatic carbocycles. The molecule has 0 radical (unpaired) electrons. The topological polar surface area (TPSA) is 72.8 Å². The van der Waals surface area contributed by atoms with Crippen LogP contribution in [-0.2, 0) is 19.1 Å². The second-order valence-electron chi connectivity index (χ2n) is 4.28. The molecule has 0 amide bonds. The molecule has 5 nitrogen and oxygen atoms in total. The molecule has 96 valence electrons. The number of fused-ring (bicyclic) bond motifs is 2. The fourth-order valence-electron chi connectivity index (χ4n) is 2.99. The van der Waals surface area contributed by atoms with Crippen molar-refractivity contribution < 1.29 is 24.2 Å². The largest absolute Gasteiger partial charge is 0.396 e. The standard InChI is InChI=1S/C10H12Br2O5/c1-16-10(17-2)8(11)3-5(4-13)9(10,12)7(15)6(8)14/h5,13H,3-4H2,1-2H3. The number of rotatable bonds is 3. The lowest BCUT2D eigenvalue weighted by molar-refractivity contribution is -0.215. The summed E-state index contributed by atoms with van der Waals surface area (Å²) in [7, 11) is 2.75. The van der Waals surface area contributed by atoms with E-state index < -0.39 is 31.9 Å². The Kier molecular flexibility index (Phi) is 3.07. The van der Waals surface area contributed by atoms with Crippen LogP contribution in [0.15, 0.2) is 0 Å². The van der Waals surface area contributed by atoms with E-state index in [1.807, 2.05) is 0 Å². The van der Waals surface area contributed by atoms with E-state index in [2.05, 4.69) is 31.9 Å². The molecule has 2 fully saturated rings. The van der Waals surface area contributed by atoms with Gasteiger partial charge >= 0.3 is 0 Å². The van der Waals surface area contributed by atoms with Gasteiger partial charge in [0.05, 0.1) is 0 Å². The first-order valence-corrected chi connectivity index (χ1v) is 6.62. The Balaban J connectivity index is 2.69. The lowest BCUT2D eigenvalue weighted by atomic mass is 9.87. The quantitative estimate of drug-likeness (QED) is 0.442. The van der Waals surface area contributed by atoms with E-state index in [1.165, 1.54) is 14.2 Å². The van der Waals surface area contributed by atoms with Crippen LogP contribution >= 0.6 is 31.9 Å². The second kappa shape index (κ2) is 3.84. The monoisotopic (exact) mass is 370 g/mol. The number of carbonyl (C=O) groups is 2. The Bertz CT molecular complexity index is 394. The van der Waals surface area contributed by atoms with Crippen LogP contribution in [0, 0.1) is 5.92 Å². The predicted octanol–water partition coefficient (Wildman–Crippen LogP) is 0.407. The molecule has 2 aliphatic rings. The molecule has 0 aromatic rings. The minimum absolute atomic E-state index is 0.230. The lowest BCUT2D eigenvalue weighted by Gasteiger charge is -2.38. The summed E-state index contributed by atoms with van der Waals surface area (Å²) in [5.74, 6) is -3.07. The van der Waals surface area contributed by atoms with Gasteiger partial charge in [-0.3, -0.25) is 9.59 Å². The van der Waals surface area contributed by atoms with Crippen LogP contribution in [-0.4, -0.2) is 51.9 Å². The highest BCUT2D eigenvalue weighted by Gasteiger charge is 2.85. The molecule has 0 heterocycles. The van der Waals surface area contributed by atoms with Gasteiger partial charge in [-0.05, 0) is 6.42 Å². The molecular formula is C10H12Br2O5. The summed E-state index contributed by atoms with van der Waals surface area (Å²) >= 11 is 6.58. The minimum Gasteiger partial charge on any atom is -0.396 e. The first kappa shape index (κ1) is 13.6. The first-order valence-electron chi connectivity index (χ1n) is 5.04. The van der Waals surface area contributed by atoms with Gasteiger partial charge in [-0.2, -0.15) is 0 Å². The van der Waals surface area contributed by atoms with E-state index >= 15 is 0 Å².